The highest BCUT2D eigenvalue weighted by Gasteiger charge is 2.16. The summed E-state index contributed by atoms with van der Waals surface area (Å²) >= 11 is 0. The predicted octanol–water partition coefficient (Wildman–Crippen LogP) is 1.83. The molecule has 0 N–H and O–H groups in total. The number of oxime groups is 1. The molecule has 0 atom stereocenters. The summed E-state index contributed by atoms with van der Waals surface area (Å²) in [5.74, 6) is 1.41. The Hall–Kier alpha value is -2.17. The third-order valence-electron chi connectivity index (χ3n) is 2.66. The van der Waals surface area contributed by atoms with Gasteiger partial charge < -0.3 is 4.84 Å². The summed E-state index contributed by atoms with van der Waals surface area (Å²) in [4.78, 5) is 9.33. The lowest BCUT2D eigenvalue weighted by Crippen LogP contribution is -2.13. The van der Waals surface area contributed by atoms with Crippen molar-refractivity contribution in [3.05, 3.63) is 47.0 Å². The highest BCUT2D eigenvalue weighted by atomic mass is 16.6. The van der Waals surface area contributed by atoms with E-state index in [-0.39, 0.29) is 0 Å². The highest BCUT2D eigenvalue weighted by molar-refractivity contribution is 6.11. The van der Waals surface area contributed by atoms with Crippen LogP contribution in [0.25, 0.3) is 0 Å². The molecule has 0 unspecified atom stereocenters. The molecule has 18 heavy (non-hydrogen) atoms. The Morgan fingerprint density at radius 2 is 2.00 bits per heavy atom. The zero-order chi connectivity index (χ0) is 13.1. The van der Waals surface area contributed by atoms with Gasteiger partial charge in [-0.25, -0.2) is 9.67 Å². The van der Waals surface area contributed by atoms with Crippen molar-refractivity contribution in [2.45, 2.75) is 13.8 Å². The molecule has 1 aromatic heterocycles. The standard InChI is InChI=1S/C13H16N4O/c1-9-7-5-6-8-11(9)12(16-18-4)13-14-10(2)15-17(13)3/h5-8H,1-4H3/b16-12-. The van der Waals surface area contributed by atoms with Gasteiger partial charge in [0, 0.05) is 12.6 Å². The molecule has 0 aliphatic carbocycles. The lowest BCUT2D eigenvalue weighted by Gasteiger charge is -2.07. The third-order valence-corrected chi connectivity index (χ3v) is 2.66. The monoisotopic (exact) mass is 244 g/mol. The van der Waals surface area contributed by atoms with E-state index in [1.165, 1.54) is 7.11 Å². The Morgan fingerprint density at radius 3 is 2.56 bits per heavy atom. The maximum Gasteiger partial charge on any atom is 0.180 e. The summed E-state index contributed by atoms with van der Waals surface area (Å²) in [6.07, 6.45) is 0. The summed E-state index contributed by atoms with van der Waals surface area (Å²) in [5.41, 5.74) is 2.81. The van der Waals surface area contributed by atoms with Gasteiger partial charge in [0.2, 0.25) is 0 Å². The van der Waals surface area contributed by atoms with Crippen LogP contribution in [0.15, 0.2) is 29.4 Å². The molecule has 5 nitrogen and oxygen atoms in total. The molecule has 0 radical (unpaired) electrons. The summed E-state index contributed by atoms with van der Waals surface area (Å²) in [6.45, 7) is 3.88. The van der Waals surface area contributed by atoms with Crippen LogP contribution in [0.2, 0.25) is 0 Å². The second-order valence-corrected chi connectivity index (χ2v) is 4.04. The van der Waals surface area contributed by atoms with Crippen molar-refractivity contribution >= 4 is 5.71 Å². The van der Waals surface area contributed by atoms with Gasteiger partial charge in [0.15, 0.2) is 11.5 Å². The van der Waals surface area contributed by atoms with E-state index in [0.29, 0.717) is 17.4 Å². The fourth-order valence-corrected chi connectivity index (χ4v) is 1.86. The first-order valence-corrected chi connectivity index (χ1v) is 5.68. The first-order valence-electron chi connectivity index (χ1n) is 5.68. The molecular weight excluding hydrogens is 228 g/mol. The largest absolute Gasteiger partial charge is 0.399 e. The molecule has 0 spiro atoms. The number of hydrogen-bond acceptors (Lipinski definition) is 4. The lowest BCUT2D eigenvalue weighted by atomic mass is 10.0. The Labute approximate surface area is 106 Å². The maximum absolute atomic E-state index is 4.94. The molecule has 94 valence electrons. The fourth-order valence-electron chi connectivity index (χ4n) is 1.86. The number of rotatable bonds is 3. The van der Waals surface area contributed by atoms with Gasteiger partial charge >= 0.3 is 0 Å². The molecule has 2 rings (SSSR count). The van der Waals surface area contributed by atoms with Crippen molar-refractivity contribution in [2.24, 2.45) is 12.2 Å². The van der Waals surface area contributed by atoms with Gasteiger partial charge in [-0.2, -0.15) is 5.10 Å². The average Bonchev–Trinajstić information content (AvgIpc) is 2.66. The maximum atomic E-state index is 4.94. The molecule has 1 aromatic carbocycles. The molecule has 0 aliphatic heterocycles. The Bertz CT molecular complexity index is 586. The SMILES string of the molecule is CO/N=C(/c1ccccc1C)c1nc(C)nn1C. The van der Waals surface area contributed by atoms with Crippen molar-refractivity contribution in [1.29, 1.82) is 0 Å². The van der Waals surface area contributed by atoms with Gasteiger partial charge in [-0.3, -0.25) is 0 Å². The Morgan fingerprint density at radius 1 is 1.28 bits per heavy atom. The quantitative estimate of drug-likeness (QED) is 0.611. The van der Waals surface area contributed by atoms with Crippen molar-refractivity contribution < 1.29 is 4.84 Å². The number of aryl methyl sites for hydroxylation is 3. The average molecular weight is 244 g/mol. The first kappa shape index (κ1) is 12.3. The summed E-state index contributed by atoms with van der Waals surface area (Å²) < 4.78 is 1.71. The summed E-state index contributed by atoms with van der Waals surface area (Å²) in [7, 11) is 3.38. The van der Waals surface area contributed by atoms with E-state index in [0.717, 1.165) is 11.1 Å². The van der Waals surface area contributed by atoms with Gasteiger partial charge in [0.05, 0.1) is 0 Å². The molecule has 0 saturated heterocycles. The van der Waals surface area contributed by atoms with Crippen LogP contribution in [-0.2, 0) is 11.9 Å². The van der Waals surface area contributed by atoms with Gasteiger partial charge in [-0.1, -0.05) is 29.4 Å². The lowest BCUT2D eigenvalue weighted by molar-refractivity contribution is 0.213. The van der Waals surface area contributed by atoms with E-state index < -0.39 is 0 Å². The van der Waals surface area contributed by atoms with Crippen LogP contribution in [-0.4, -0.2) is 27.6 Å². The Kier molecular flexibility index (Phi) is 3.41. The first-order chi connectivity index (χ1) is 8.63. The molecule has 5 heteroatoms. The summed E-state index contributed by atoms with van der Waals surface area (Å²) in [5, 5.41) is 8.33. The van der Waals surface area contributed by atoms with Crippen molar-refractivity contribution in [1.82, 2.24) is 14.8 Å². The van der Waals surface area contributed by atoms with Crippen molar-refractivity contribution in [3.63, 3.8) is 0 Å². The van der Waals surface area contributed by atoms with Gasteiger partial charge in [0.1, 0.15) is 12.9 Å². The van der Waals surface area contributed by atoms with E-state index in [1.807, 2.05) is 45.2 Å². The third kappa shape index (κ3) is 2.25. The van der Waals surface area contributed by atoms with Gasteiger partial charge in [-0.15, -0.1) is 0 Å². The molecule has 1 heterocycles. The van der Waals surface area contributed by atoms with Crippen LogP contribution >= 0.6 is 0 Å². The zero-order valence-electron chi connectivity index (χ0n) is 11.0. The van der Waals surface area contributed by atoms with Gasteiger partial charge in [0.25, 0.3) is 0 Å². The zero-order valence-corrected chi connectivity index (χ0v) is 11.0. The van der Waals surface area contributed by atoms with E-state index in [2.05, 4.69) is 15.2 Å². The molecule has 0 fully saturated rings. The van der Waals surface area contributed by atoms with E-state index in [9.17, 15) is 0 Å². The van der Waals surface area contributed by atoms with E-state index >= 15 is 0 Å². The molecule has 2 aromatic rings. The van der Waals surface area contributed by atoms with Gasteiger partial charge in [-0.05, 0) is 19.4 Å². The second kappa shape index (κ2) is 5.00. The minimum Gasteiger partial charge on any atom is -0.399 e. The molecule has 0 saturated carbocycles. The minimum absolute atomic E-state index is 0.693. The molecular formula is C13H16N4O. The van der Waals surface area contributed by atoms with Crippen LogP contribution in [0.4, 0.5) is 0 Å². The van der Waals surface area contributed by atoms with Crippen LogP contribution in [0.5, 0.6) is 0 Å². The number of benzene rings is 1. The molecule has 0 aliphatic rings. The number of nitrogens with zero attached hydrogens (tertiary/aromatic N) is 4. The van der Waals surface area contributed by atoms with Crippen LogP contribution in [0, 0.1) is 13.8 Å². The normalized spacial score (nSPS) is 11.7. The molecule has 0 bridgehead atoms. The summed E-state index contributed by atoms with van der Waals surface area (Å²) in [6, 6.07) is 7.99. The van der Waals surface area contributed by atoms with Crippen LogP contribution in [0.3, 0.4) is 0 Å². The van der Waals surface area contributed by atoms with E-state index in [4.69, 9.17) is 4.84 Å². The highest BCUT2D eigenvalue weighted by Crippen LogP contribution is 2.13. The molecule has 0 amide bonds. The predicted molar refractivity (Wildman–Crippen MR) is 69.6 cm³/mol. The fraction of sp³-hybridized carbons (Fsp3) is 0.308. The van der Waals surface area contributed by atoms with Crippen LogP contribution in [0.1, 0.15) is 22.8 Å². The van der Waals surface area contributed by atoms with E-state index in [1.54, 1.807) is 4.68 Å². The van der Waals surface area contributed by atoms with Crippen molar-refractivity contribution in [2.75, 3.05) is 7.11 Å². The minimum atomic E-state index is 0.693. The topological polar surface area (TPSA) is 52.3 Å². The van der Waals surface area contributed by atoms with Crippen molar-refractivity contribution in [3.8, 4) is 0 Å². The number of aromatic nitrogens is 3. The smallest absolute Gasteiger partial charge is 0.180 e. The Balaban J connectivity index is 2.58. The van der Waals surface area contributed by atoms with Crippen LogP contribution < -0.4 is 0 Å². The second-order valence-electron chi connectivity index (χ2n) is 4.04. The number of hydrogen-bond donors (Lipinski definition) is 0.